The molecule has 0 saturated carbocycles. The minimum Gasteiger partial charge on any atom is -0.497 e. The highest BCUT2D eigenvalue weighted by Crippen LogP contribution is 2.33. The molecule has 0 aliphatic carbocycles. The largest absolute Gasteiger partial charge is 0.497 e. The number of rotatable bonds is 7. The molecule has 3 aromatic heterocycles. The van der Waals surface area contributed by atoms with E-state index in [0.717, 1.165) is 33.5 Å². The zero-order valence-electron chi connectivity index (χ0n) is 17.2. The van der Waals surface area contributed by atoms with Gasteiger partial charge in [-0.3, -0.25) is 14.8 Å². The van der Waals surface area contributed by atoms with Crippen molar-refractivity contribution in [3.8, 4) is 33.5 Å². The molecule has 0 saturated heterocycles. The smallest absolute Gasteiger partial charge is 0.253 e. The lowest BCUT2D eigenvalue weighted by molar-refractivity contribution is 0.0957. The van der Waals surface area contributed by atoms with Gasteiger partial charge in [0.05, 0.1) is 30.3 Å². The molecule has 31 heavy (non-hydrogen) atoms. The number of methoxy groups -OCH3 is 1. The van der Waals surface area contributed by atoms with Gasteiger partial charge in [-0.1, -0.05) is 6.08 Å². The van der Waals surface area contributed by atoms with Crippen LogP contribution in [0.5, 0.6) is 5.75 Å². The Hall–Kier alpha value is -3.78. The molecule has 1 aromatic carbocycles. The fourth-order valence-corrected chi connectivity index (χ4v) is 4.04. The van der Waals surface area contributed by atoms with Gasteiger partial charge in [-0.05, 0) is 37.3 Å². The van der Waals surface area contributed by atoms with E-state index in [2.05, 4.69) is 21.9 Å². The summed E-state index contributed by atoms with van der Waals surface area (Å²) >= 11 is 1.48. The first-order chi connectivity index (χ1) is 15.1. The number of nitrogens with one attached hydrogen (secondary N) is 1. The lowest BCUT2D eigenvalue weighted by atomic mass is 10.2. The summed E-state index contributed by atoms with van der Waals surface area (Å²) in [6, 6.07) is 9.56. The minimum atomic E-state index is -0.157. The summed E-state index contributed by atoms with van der Waals surface area (Å²) in [7, 11) is 1.63. The van der Waals surface area contributed by atoms with E-state index in [-0.39, 0.29) is 5.91 Å². The molecular formula is C23H21N5O2S. The lowest BCUT2D eigenvalue weighted by Crippen LogP contribution is -2.23. The van der Waals surface area contributed by atoms with Gasteiger partial charge in [-0.2, -0.15) is 0 Å². The van der Waals surface area contributed by atoms with Crippen LogP contribution in [0.25, 0.3) is 27.8 Å². The normalized spacial score (nSPS) is 10.6. The van der Waals surface area contributed by atoms with E-state index in [1.54, 1.807) is 31.8 Å². The fraction of sp³-hybridized carbons (Fsp3) is 0.130. The average molecular weight is 432 g/mol. The van der Waals surface area contributed by atoms with E-state index in [1.165, 1.54) is 11.3 Å². The quantitative estimate of drug-likeness (QED) is 0.442. The molecule has 4 aromatic rings. The van der Waals surface area contributed by atoms with Gasteiger partial charge in [-0.15, -0.1) is 17.9 Å². The molecule has 1 amide bonds. The maximum atomic E-state index is 12.8. The summed E-state index contributed by atoms with van der Waals surface area (Å²) in [6.07, 6.45) is 6.61. The fourth-order valence-electron chi connectivity index (χ4n) is 3.27. The third kappa shape index (κ3) is 4.10. The van der Waals surface area contributed by atoms with Crippen LogP contribution >= 0.6 is 11.3 Å². The Balaban J connectivity index is 1.83. The summed E-state index contributed by atoms with van der Waals surface area (Å²) in [5.74, 6) is 0.605. The maximum absolute atomic E-state index is 12.8. The molecule has 0 fully saturated rings. The molecule has 156 valence electrons. The first-order valence-electron chi connectivity index (χ1n) is 9.60. The van der Waals surface area contributed by atoms with Crippen LogP contribution in [0.2, 0.25) is 0 Å². The van der Waals surface area contributed by atoms with E-state index in [4.69, 9.17) is 9.72 Å². The predicted octanol–water partition coefficient (Wildman–Crippen LogP) is 4.29. The lowest BCUT2D eigenvalue weighted by Gasteiger charge is -2.12. The molecule has 0 aliphatic heterocycles. The van der Waals surface area contributed by atoms with Crippen LogP contribution < -0.4 is 10.1 Å². The van der Waals surface area contributed by atoms with Crippen LogP contribution in [0.1, 0.15) is 16.1 Å². The van der Waals surface area contributed by atoms with Crippen LogP contribution in [0.3, 0.4) is 0 Å². The van der Waals surface area contributed by atoms with Crippen molar-refractivity contribution < 1.29 is 9.53 Å². The summed E-state index contributed by atoms with van der Waals surface area (Å²) in [4.78, 5) is 26.0. The Morgan fingerprint density at radius 2 is 2.06 bits per heavy atom. The molecule has 1 N–H and O–H groups in total. The number of aromatic nitrogens is 4. The highest BCUT2D eigenvalue weighted by Gasteiger charge is 2.21. The summed E-state index contributed by atoms with van der Waals surface area (Å²) in [5.41, 5.74) is 4.59. The van der Waals surface area contributed by atoms with Crippen LogP contribution in [-0.4, -0.2) is 39.1 Å². The van der Waals surface area contributed by atoms with E-state index in [9.17, 15) is 4.79 Å². The minimum absolute atomic E-state index is 0.157. The Morgan fingerprint density at radius 1 is 1.26 bits per heavy atom. The predicted molar refractivity (Wildman–Crippen MR) is 122 cm³/mol. The van der Waals surface area contributed by atoms with Gasteiger partial charge in [0.25, 0.3) is 5.91 Å². The average Bonchev–Trinajstić information content (AvgIpc) is 3.43. The van der Waals surface area contributed by atoms with Crippen molar-refractivity contribution in [3.05, 3.63) is 78.2 Å². The number of benzene rings is 1. The maximum Gasteiger partial charge on any atom is 0.253 e. The highest BCUT2D eigenvalue weighted by atomic mass is 32.1. The Morgan fingerprint density at radius 3 is 2.74 bits per heavy atom. The monoisotopic (exact) mass is 431 g/mol. The molecule has 3 heterocycles. The molecule has 0 atom stereocenters. The molecule has 8 heteroatoms. The second-order valence-corrected chi connectivity index (χ2v) is 7.55. The molecule has 0 bridgehead atoms. The zero-order valence-corrected chi connectivity index (χ0v) is 18.0. The Kier molecular flexibility index (Phi) is 5.90. The van der Waals surface area contributed by atoms with Crippen molar-refractivity contribution in [1.82, 2.24) is 24.8 Å². The first kappa shape index (κ1) is 20.5. The van der Waals surface area contributed by atoms with Crippen molar-refractivity contribution in [2.75, 3.05) is 13.7 Å². The van der Waals surface area contributed by atoms with E-state index < -0.39 is 0 Å². The van der Waals surface area contributed by atoms with Crippen molar-refractivity contribution in [1.29, 1.82) is 0 Å². The molecule has 0 unspecified atom stereocenters. The Bertz CT molecular complexity index is 1210. The van der Waals surface area contributed by atoms with E-state index in [1.807, 2.05) is 47.2 Å². The number of thiazole rings is 1. The third-order valence-corrected chi connectivity index (χ3v) is 5.64. The molecule has 0 radical (unpaired) electrons. The van der Waals surface area contributed by atoms with E-state index >= 15 is 0 Å². The Labute approximate surface area is 184 Å². The summed E-state index contributed by atoms with van der Waals surface area (Å²) < 4.78 is 7.31. The standard InChI is InChI=1S/C23H21N5O2S/c1-4-9-26-22(29)18-12-21(20-14-31-23(27-20)19-13-24-10-11-25-19)28(15(18)2)16-5-7-17(30-3)8-6-16/h4-8,10-14H,1,9H2,2-3H3,(H,26,29). The SMILES string of the molecule is C=CCNC(=O)c1cc(-c2csc(-c3cnccn3)n2)n(-c2ccc(OC)cc2)c1C. The van der Waals surface area contributed by atoms with Crippen molar-refractivity contribution in [2.24, 2.45) is 0 Å². The van der Waals surface area contributed by atoms with Crippen molar-refractivity contribution in [2.45, 2.75) is 6.92 Å². The summed E-state index contributed by atoms with van der Waals surface area (Å²) in [6.45, 7) is 5.98. The third-order valence-electron chi connectivity index (χ3n) is 4.78. The second kappa shape index (κ2) is 8.93. The molecule has 7 nitrogen and oxygen atoms in total. The van der Waals surface area contributed by atoms with Crippen LogP contribution in [0.15, 0.2) is 67.0 Å². The van der Waals surface area contributed by atoms with Gasteiger partial charge in [0.2, 0.25) is 0 Å². The van der Waals surface area contributed by atoms with Crippen LogP contribution in [0.4, 0.5) is 0 Å². The first-order valence-corrected chi connectivity index (χ1v) is 10.5. The van der Waals surface area contributed by atoms with Gasteiger partial charge in [0.15, 0.2) is 0 Å². The van der Waals surface area contributed by atoms with Gasteiger partial charge in [-0.25, -0.2) is 4.98 Å². The van der Waals surface area contributed by atoms with Crippen molar-refractivity contribution >= 4 is 17.2 Å². The molecular weight excluding hydrogens is 410 g/mol. The molecule has 0 aliphatic rings. The number of carbonyl (C=O) groups excluding carboxylic acids is 1. The number of amides is 1. The number of hydrogen-bond donors (Lipinski definition) is 1. The van der Waals surface area contributed by atoms with Crippen LogP contribution in [-0.2, 0) is 0 Å². The van der Waals surface area contributed by atoms with Crippen molar-refractivity contribution in [3.63, 3.8) is 0 Å². The summed E-state index contributed by atoms with van der Waals surface area (Å²) in [5, 5.41) is 5.58. The second-order valence-electron chi connectivity index (χ2n) is 6.69. The number of ether oxygens (including phenoxy) is 1. The molecule has 4 rings (SSSR count). The van der Waals surface area contributed by atoms with Gasteiger partial charge in [0, 0.05) is 35.7 Å². The molecule has 0 spiro atoms. The number of nitrogens with zero attached hydrogens (tertiary/aromatic N) is 4. The zero-order chi connectivity index (χ0) is 21.8. The number of carbonyl (C=O) groups is 1. The van der Waals surface area contributed by atoms with Crippen LogP contribution in [0, 0.1) is 6.92 Å². The van der Waals surface area contributed by atoms with Gasteiger partial charge in [0.1, 0.15) is 16.5 Å². The number of hydrogen-bond acceptors (Lipinski definition) is 6. The van der Waals surface area contributed by atoms with E-state index in [0.29, 0.717) is 17.8 Å². The topological polar surface area (TPSA) is 81.9 Å². The van der Waals surface area contributed by atoms with Gasteiger partial charge < -0.3 is 14.6 Å². The highest BCUT2D eigenvalue weighted by molar-refractivity contribution is 7.13. The van der Waals surface area contributed by atoms with Gasteiger partial charge >= 0.3 is 0 Å².